The van der Waals surface area contributed by atoms with Crippen LogP contribution >= 0.6 is 0 Å². The Morgan fingerprint density at radius 2 is 1.87 bits per heavy atom. The number of carboxylic acids is 1. The highest BCUT2D eigenvalue weighted by Crippen LogP contribution is 2.46. The van der Waals surface area contributed by atoms with Crippen LogP contribution in [0, 0.1) is 6.92 Å². The van der Waals surface area contributed by atoms with E-state index in [1.165, 1.54) is 6.07 Å². The molecule has 2 aliphatic rings. The molecule has 1 spiro atoms. The van der Waals surface area contributed by atoms with Gasteiger partial charge in [0.25, 0.3) is 5.91 Å². The summed E-state index contributed by atoms with van der Waals surface area (Å²) in [5.74, 6) is -0.818. The van der Waals surface area contributed by atoms with Crippen molar-refractivity contribution in [3.63, 3.8) is 0 Å². The van der Waals surface area contributed by atoms with Gasteiger partial charge in [-0.2, -0.15) is 0 Å². The van der Waals surface area contributed by atoms with Gasteiger partial charge in [0.15, 0.2) is 6.61 Å². The van der Waals surface area contributed by atoms with E-state index in [-0.39, 0.29) is 19.6 Å². The minimum Gasteiger partial charge on any atom is -0.486 e. The molecule has 0 unspecified atom stereocenters. The lowest BCUT2D eigenvalue weighted by Gasteiger charge is -2.42. The summed E-state index contributed by atoms with van der Waals surface area (Å²) in [5.41, 5.74) is 3.36. The molecule has 0 atom stereocenters. The molecule has 1 aliphatic carbocycles. The van der Waals surface area contributed by atoms with Crippen molar-refractivity contribution in [2.24, 2.45) is 5.16 Å². The fraction of sp³-hybridized carbons (Fsp3) is 0.379. The van der Waals surface area contributed by atoms with E-state index in [2.05, 4.69) is 10.5 Å². The van der Waals surface area contributed by atoms with Crippen LogP contribution in [0.4, 0.5) is 0 Å². The van der Waals surface area contributed by atoms with E-state index < -0.39 is 23.1 Å². The van der Waals surface area contributed by atoms with E-state index in [9.17, 15) is 14.4 Å². The maximum absolute atomic E-state index is 12.6. The molecular formula is C29H30N2O7. The smallest absolute Gasteiger partial charge is 0.336 e. The number of hydrogen-bond donors (Lipinski definition) is 2. The Hall–Kier alpha value is -4.14. The number of amides is 1. The first kappa shape index (κ1) is 25.5. The van der Waals surface area contributed by atoms with E-state index in [1.54, 1.807) is 0 Å². The van der Waals surface area contributed by atoms with Crippen LogP contribution in [-0.2, 0) is 14.4 Å². The Labute approximate surface area is 219 Å². The van der Waals surface area contributed by atoms with Crippen molar-refractivity contribution in [3.05, 3.63) is 64.0 Å². The number of carboxylic acid groups (broad SMARTS) is 1. The Morgan fingerprint density at radius 3 is 2.61 bits per heavy atom. The van der Waals surface area contributed by atoms with Crippen molar-refractivity contribution in [1.29, 1.82) is 0 Å². The monoisotopic (exact) mass is 518 g/mol. The third-order valence-corrected chi connectivity index (χ3v) is 7.21. The first-order valence-electron chi connectivity index (χ1n) is 12.9. The van der Waals surface area contributed by atoms with Gasteiger partial charge >= 0.3 is 11.6 Å². The van der Waals surface area contributed by atoms with Gasteiger partial charge in [-0.05, 0) is 49.8 Å². The van der Waals surface area contributed by atoms with Crippen molar-refractivity contribution in [3.8, 4) is 16.9 Å². The molecule has 9 nitrogen and oxygen atoms in total. The van der Waals surface area contributed by atoms with Crippen LogP contribution in [0.5, 0.6) is 5.75 Å². The summed E-state index contributed by atoms with van der Waals surface area (Å²) >= 11 is 0. The second-order valence-corrected chi connectivity index (χ2v) is 9.93. The van der Waals surface area contributed by atoms with Gasteiger partial charge in [0.2, 0.25) is 0 Å². The molecule has 1 saturated carbocycles. The molecule has 2 aromatic carbocycles. The standard InChI is InChI=1S/C29H30N2O7/c1-18-27-21(20(15-26(35)37-27)19-8-4-2-5-9-19)14-22-23(31-36-17-24(32)30-13-10-25(33)34)16-29(38-28(18)22)11-6-3-7-12-29/h2,4-5,8-9,14-15H,3,6-7,10-13,16-17H2,1H3,(H,30,32)(H,33,34). The van der Waals surface area contributed by atoms with E-state index in [0.29, 0.717) is 23.5 Å². The number of hydrogen-bond acceptors (Lipinski definition) is 7. The fourth-order valence-electron chi connectivity index (χ4n) is 5.38. The van der Waals surface area contributed by atoms with Gasteiger partial charge in [-0.15, -0.1) is 0 Å². The van der Waals surface area contributed by atoms with E-state index in [1.807, 2.05) is 43.3 Å². The molecule has 1 amide bonds. The normalized spacial score (nSPS) is 17.1. The Kier molecular flexibility index (Phi) is 7.18. The Bertz CT molecular complexity index is 1450. The number of benzene rings is 2. The van der Waals surface area contributed by atoms with Crippen molar-refractivity contribution < 1.29 is 28.7 Å². The van der Waals surface area contributed by atoms with Crippen molar-refractivity contribution >= 4 is 28.6 Å². The summed E-state index contributed by atoms with van der Waals surface area (Å²) in [6, 6.07) is 13.0. The van der Waals surface area contributed by atoms with Crippen LogP contribution in [0.2, 0.25) is 0 Å². The lowest BCUT2D eigenvalue weighted by atomic mass is 9.77. The molecule has 0 bridgehead atoms. The van der Waals surface area contributed by atoms with Gasteiger partial charge in [-0.3, -0.25) is 9.59 Å². The number of carbonyl (C=O) groups is 2. The van der Waals surface area contributed by atoms with Crippen LogP contribution < -0.4 is 15.7 Å². The maximum atomic E-state index is 12.6. The number of aliphatic carboxylic acids is 1. The topological polar surface area (TPSA) is 127 Å². The minimum atomic E-state index is -0.989. The number of nitrogens with one attached hydrogen (secondary N) is 1. The number of nitrogens with zero attached hydrogens (tertiary/aromatic N) is 1. The highest BCUT2D eigenvalue weighted by molar-refractivity contribution is 6.09. The number of oxime groups is 1. The van der Waals surface area contributed by atoms with Gasteiger partial charge in [-0.1, -0.05) is 41.9 Å². The van der Waals surface area contributed by atoms with Crippen molar-refractivity contribution in [1.82, 2.24) is 5.32 Å². The van der Waals surface area contributed by atoms with Gasteiger partial charge < -0.3 is 24.4 Å². The third-order valence-electron chi connectivity index (χ3n) is 7.21. The van der Waals surface area contributed by atoms with Crippen LogP contribution in [0.25, 0.3) is 22.1 Å². The molecular weight excluding hydrogens is 488 g/mol. The van der Waals surface area contributed by atoms with Gasteiger partial charge in [0, 0.05) is 35.5 Å². The number of carbonyl (C=O) groups excluding carboxylic acids is 1. The molecule has 38 heavy (non-hydrogen) atoms. The lowest BCUT2D eigenvalue weighted by molar-refractivity contribution is -0.137. The van der Waals surface area contributed by atoms with Crippen LogP contribution in [0.1, 0.15) is 56.1 Å². The number of fused-ring (bicyclic) bond motifs is 2. The number of aryl methyl sites for hydroxylation is 1. The predicted molar refractivity (Wildman–Crippen MR) is 141 cm³/mol. The summed E-state index contributed by atoms with van der Waals surface area (Å²) in [4.78, 5) is 40.8. The molecule has 198 valence electrons. The first-order chi connectivity index (χ1) is 18.3. The summed E-state index contributed by atoms with van der Waals surface area (Å²) < 4.78 is 12.4. The van der Waals surface area contributed by atoms with Gasteiger partial charge in [-0.25, -0.2) is 4.79 Å². The van der Waals surface area contributed by atoms with E-state index in [0.717, 1.165) is 59.7 Å². The molecule has 1 aliphatic heterocycles. The number of ether oxygens (including phenoxy) is 1. The molecule has 0 radical (unpaired) electrons. The fourth-order valence-corrected chi connectivity index (χ4v) is 5.38. The molecule has 1 aromatic heterocycles. The van der Waals surface area contributed by atoms with Gasteiger partial charge in [0.1, 0.15) is 16.9 Å². The summed E-state index contributed by atoms with van der Waals surface area (Å²) in [5, 5.41) is 16.4. The zero-order valence-corrected chi connectivity index (χ0v) is 21.2. The minimum absolute atomic E-state index is 0.0204. The molecule has 5 rings (SSSR count). The van der Waals surface area contributed by atoms with Crippen molar-refractivity contribution in [2.45, 2.75) is 57.5 Å². The first-order valence-corrected chi connectivity index (χ1v) is 12.9. The van der Waals surface area contributed by atoms with E-state index >= 15 is 0 Å². The van der Waals surface area contributed by atoms with Crippen molar-refractivity contribution in [2.75, 3.05) is 13.2 Å². The molecule has 2 heterocycles. The second kappa shape index (κ2) is 10.7. The van der Waals surface area contributed by atoms with E-state index in [4.69, 9.17) is 19.1 Å². The maximum Gasteiger partial charge on any atom is 0.336 e. The molecule has 9 heteroatoms. The number of rotatable bonds is 7. The highest BCUT2D eigenvalue weighted by Gasteiger charge is 2.42. The molecule has 0 saturated heterocycles. The summed E-state index contributed by atoms with van der Waals surface area (Å²) in [7, 11) is 0. The molecule has 1 fully saturated rings. The van der Waals surface area contributed by atoms with Crippen LogP contribution in [0.15, 0.2) is 56.8 Å². The predicted octanol–water partition coefficient (Wildman–Crippen LogP) is 4.57. The third kappa shape index (κ3) is 5.27. The molecule has 2 N–H and O–H groups in total. The lowest BCUT2D eigenvalue weighted by Crippen LogP contribution is -2.44. The van der Waals surface area contributed by atoms with Gasteiger partial charge in [0.05, 0.1) is 12.1 Å². The van der Waals surface area contributed by atoms with Crippen LogP contribution in [0.3, 0.4) is 0 Å². The highest BCUT2D eigenvalue weighted by atomic mass is 16.6. The SMILES string of the molecule is Cc1c2c(cc3c(-c4ccccc4)cc(=O)oc13)C(=NOCC(=O)NCCC(=O)O)CC1(CCCCC1)O2. The van der Waals surface area contributed by atoms with Crippen LogP contribution in [-0.4, -0.2) is 41.4 Å². The Morgan fingerprint density at radius 1 is 1.11 bits per heavy atom. The largest absolute Gasteiger partial charge is 0.486 e. The quantitative estimate of drug-likeness (QED) is 0.347. The second-order valence-electron chi connectivity index (χ2n) is 9.93. The summed E-state index contributed by atoms with van der Waals surface area (Å²) in [6.07, 6.45) is 5.32. The zero-order valence-electron chi connectivity index (χ0n) is 21.2. The molecule has 3 aromatic rings. The average Bonchev–Trinajstić information content (AvgIpc) is 2.90. The summed E-state index contributed by atoms with van der Waals surface area (Å²) in [6.45, 7) is 1.57. The zero-order chi connectivity index (χ0) is 26.7. The Balaban J connectivity index is 1.55. The average molecular weight is 519 g/mol.